The average Bonchev–Trinajstić information content (AvgIpc) is 2.91. The molecule has 1 aliphatic carbocycles. The van der Waals surface area contributed by atoms with Gasteiger partial charge in [0.2, 0.25) is 5.43 Å². The Labute approximate surface area is 138 Å². The molecule has 120 valence electrons. The molecule has 0 saturated heterocycles. The fourth-order valence-electron chi connectivity index (χ4n) is 3.30. The van der Waals surface area contributed by atoms with E-state index in [1.165, 1.54) is 6.20 Å². The maximum atomic E-state index is 12.6. The minimum absolute atomic E-state index is 0.0466. The summed E-state index contributed by atoms with van der Waals surface area (Å²) in [6, 6.07) is 14.2. The lowest BCUT2D eigenvalue weighted by molar-refractivity contribution is 0.0857. The Balaban J connectivity index is 1.68. The number of rotatable bonds is 2. The number of pyridine rings is 1. The Hall–Kier alpha value is -2.92. The maximum Gasteiger partial charge on any atom is 0.257 e. The number of benzene rings is 2. The Kier molecular flexibility index (Phi) is 3.43. The van der Waals surface area contributed by atoms with E-state index in [1.807, 2.05) is 30.3 Å². The van der Waals surface area contributed by atoms with Crippen LogP contribution in [0.2, 0.25) is 0 Å². The maximum absolute atomic E-state index is 12.6. The van der Waals surface area contributed by atoms with Crippen molar-refractivity contribution >= 4 is 16.8 Å². The predicted octanol–water partition coefficient (Wildman–Crippen LogP) is 1.92. The first-order valence-corrected chi connectivity index (χ1v) is 7.82. The number of aliphatic hydroxyl groups is 1. The van der Waals surface area contributed by atoms with Crippen LogP contribution in [-0.4, -0.2) is 22.1 Å². The predicted molar refractivity (Wildman–Crippen MR) is 90.9 cm³/mol. The van der Waals surface area contributed by atoms with Crippen molar-refractivity contribution in [2.45, 2.75) is 18.6 Å². The Bertz CT molecular complexity index is 993. The lowest BCUT2D eigenvalue weighted by atomic mass is 10.1. The Morgan fingerprint density at radius 3 is 2.75 bits per heavy atom. The van der Waals surface area contributed by atoms with Crippen LogP contribution in [0.3, 0.4) is 0 Å². The molecule has 3 aromatic rings. The summed E-state index contributed by atoms with van der Waals surface area (Å²) < 4.78 is 0. The monoisotopic (exact) mass is 320 g/mol. The van der Waals surface area contributed by atoms with E-state index in [0.29, 0.717) is 17.3 Å². The van der Waals surface area contributed by atoms with Gasteiger partial charge in [-0.3, -0.25) is 9.59 Å². The molecule has 1 aromatic heterocycles. The molecule has 0 bridgehead atoms. The number of aromatic amines is 1. The molecule has 1 aliphatic rings. The van der Waals surface area contributed by atoms with Gasteiger partial charge in [0.15, 0.2) is 0 Å². The van der Waals surface area contributed by atoms with Gasteiger partial charge in [0, 0.05) is 23.5 Å². The van der Waals surface area contributed by atoms with Crippen LogP contribution in [-0.2, 0) is 6.42 Å². The molecule has 0 aliphatic heterocycles. The summed E-state index contributed by atoms with van der Waals surface area (Å²) in [4.78, 5) is 28.1. The molecule has 0 saturated carbocycles. The summed E-state index contributed by atoms with van der Waals surface area (Å²) in [5, 5.41) is 13.5. The van der Waals surface area contributed by atoms with Gasteiger partial charge in [-0.2, -0.15) is 0 Å². The van der Waals surface area contributed by atoms with Gasteiger partial charge < -0.3 is 15.4 Å². The zero-order chi connectivity index (χ0) is 16.7. The quantitative estimate of drug-likeness (QED) is 0.674. The summed E-state index contributed by atoms with van der Waals surface area (Å²) >= 11 is 0. The zero-order valence-corrected chi connectivity index (χ0v) is 12.8. The molecular formula is C19H16N2O3. The second-order valence-electron chi connectivity index (χ2n) is 6.00. The van der Waals surface area contributed by atoms with Crippen molar-refractivity contribution in [3.05, 3.63) is 81.6 Å². The summed E-state index contributed by atoms with van der Waals surface area (Å²) in [5.41, 5.74) is 2.33. The van der Waals surface area contributed by atoms with Gasteiger partial charge >= 0.3 is 0 Å². The second-order valence-corrected chi connectivity index (χ2v) is 6.00. The van der Waals surface area contributed by atoms with E-state index in [4.69, 9.17) is 0 Å². The zero-order valence-electron chi connectivity index (χ0n) is 12.8. The van der Waals surface area contributed by atoms with Crippen molar-refractivity contribution in [3.8, 4) is 0 Å². The van der Waals surface area contributed by atoms with Crippen molar-refractivity contribution in [1.82, 2.24) is 10.3 Å². The average molecular weight is 320 g/mol. The summed E-state index contributed by atoms with van der Waals surface area (Å²) in [6.07, 6.45) is 1.23. The van der Waals surface area contributed by atoms with Crippen molar-refractivity contribution < 1.29 is 9.90 Å². The fraction of sp³-hybridized carbons (Fsp3) is 0.158. The number of hydrogen-bond donors (Lipinski definition) is 3. The Morgan fingerprint density at radius 1 is 1.12 bits per heavy atom. The van der Waals surface area contributed by atoms with Crippen LogP contribution in [0.5, 0.6) is 0 Å². The van der Waals surface area contributed by atoms with Crippen molar-refractivity contribution in [2.24, 2.45) is 0 Å². The summed E-state index contributed by atoms with van der Waals surface area (Å²) in [6.45, 7) is 0. The van der Waals surface area contributed by atoms with Gasteiger partial charge in [-0.25, -0.2) is 0 Å². The topological polar surface area (TPSA) is 82.2 Å². The largest absolute Gasteiger partial charge is 0.390 e. The highest BCUT2D eigenvalue weighted by Gasteiger charge is 2.32. The molecule has 2 atom stereocenters. The lowest BCUT2D eigenvalue weighted by Crippen LogP contribution is -2.36. The third-order valence-corrected chi connectivity index (χ3v) is 4.52. The van der Waals surface area contributed by atoms with Crippen molar-refractivity contribution in [2.75, 3.05) is 0 Å². The van der Waals surface area contributed by atoms with Crippen LogP contribution in [0.1, 0.15) is 27.5 Å². The molecule has 2 aromatic carbocycles. The summed E-state index contributed by atoms with van der Waals surface area (Å²) in [5.74, 6) is -0.484. The lowest BCUT2D eigenvalue weighted by Gasteiger charge is -2.17. The summed E-state index contributed by atoms with van der Waals surface area (Å²) in [7, 11) is 0. The number of H-pyrrole nitrogens is 1. The first-order chi connectivity index (χ1) is 11.6. The first kappa shape index (κ1) is 14.7. The van der Waals surface area contributed by atoms with Crippen LogP contribution >= 0.6 is 0 Å². The Morgan fingerprint density at radius 2 is 1.88 bits per heavy atom. The molecule has 1 amide bonds. The highest BCUT2D eigenvalue weighted by Crippen LogP contribution is 2.31. The van der Waals surface area contributed by atoms with E-state index in [2.05, 4.69) is 10.3 Å². The third kappa shape index (κ3) is 2.30. The van der Waals surface area contributed by atoms with E-state index in [0.717, 1.165) is 11.1 Å². The molecule has 1 heterocycles. The number of carbonyl (C=O) groups excluding carboxylic acids is 1. The SMILES string of the molecule is O=C(NC1c2ccccc2CC1O)c1c[nH]c2ccccc2c1=O. The van der Waals surface area contributed by atoms with Gasteiger partial charge in [-0.1, -0.05) is 36.4 Å². The normalized spacial score (nSPS) is 19.2. The standard InChI is InChI=1S/C19H16N2O3/c22-16-9-11-5-1-2-6-12(11)17(16)21-19(24)14-10-20-15-8-4-3-7-13(15)18(14)23/h1-8,10,16-17,22H,9H2,(H,20,23)(H,21,24). The number of amides is 1. The second kappa shape index (κ2) is 5.62. The number of para-hydroxylation sites is 1. The number of hydrogen-bond acceptors (Lipinski definition) is 3. The van der Waals surface area contributed by atoms with Gasteiger partial charge in [-0.05, 0) is 23.3 Å². The smallest absolute Gasteiger partial charge is 0.257 e. The van der Waals surface area contributed by atoms with E-state index < -0.39 is 18.1 Å². The van der Waals surface area contributed by atoms with Crippen LogP contribution in [0.25, 0.3) is 10.9 Å². The number of aromatic nitrogens is 1. The molecule has 2 unspecified atom stereocenters. The van der Waals surface area contributed by atoms with E-state index >= 15 is 0 Å². The highest BCUT2D eigenvalue weighted by atomic mass is 16.3. The third-order valence-electron chi connectivity index (χ3n) is 4.52. The fourth-order valence-corrected chi connectivity index (χ4v) is 3.30. The van der Waals surface area contributed by atoms with Crippen LogP contribution in [0.15, 0.2) is 59.5 Å². The van der Waals surface area contributed by atoms with Crippen molar-refractivity contribution in [1.29, 1.82) is 0 Å². The van der Waals surface area contributed by atoms with E-state index in [-0.39, 0.29) is 11.0 Å². The van der Waals surface area contributed by atoms with Gasteiger partial charge in [0.1, 0.15) is 5.56 Å². The number of aliphatic hydroxyl groups excluding tert-OH is 1. The number of fused-ring (bicyclic) bond motifs is 2. The molecular weight excluding hydrogens is 304 g/mol. The molecule has 5 nitrogen and oxygen atoms in total. The van der Waals surface area contributed by atoms with Gasteiger partial charge in [-0.15, -0.1) is 0 Å². The van der Waals surface area contributed by atoms with Crippen LogP contribution < -0.4 is 10.7 Å². The molecule has 4 rings (SSSR count). The number of carbonyl (C=O) groups is 1. The molecule has 5 heteroatoms. The molecule has 3 N–H and O–H groups in total. The highest BCUT2D eigenvalue weighted by molar-refractivity contribution is 5.97. The number of nitrogens with one attached hydrogen (secondary N) is 2. The molecule has 0 spiro atoms. The molecule has 24 heavy (non-hydrogen) atoms. The van der Waals surface area contributed by atoms with E-state index in [1.54, 1.807) is 18.2 Å². The minimum atomic E-state index is -0.689. The van der Waals surface area contributed by atoms with Crippen LogP contribution in [0, 0.1) is 0 Å². The van der Waals surface area contributed by atoms with Crippen molar-refractivity contribution in [3.63, 3.8) is 0 Å². The molecule has 0 radical (unpaired) electrons. The van der Waals surface area contributed by atoms with Gasteiger partial charge in [0.25, 0.3) is 5.91 Å². The molecule has 0 fully saturated rings. The van der Waals surface area contributed by atoms with Crippen LogP contribution in [0.4, 0.5) is 0 Å². The van der Waals surface area contributed by atoms with E-state index in [9.17, 15) is 14.7 Å². The first-order valence-electron chi connectivity index (χ1n) is 7.82. The minimum Gasteiger partial charge on any atom is -0.390 e. The van der Waals surface area contributed by atoms with Gasteiger partial charge in [0.05, 0.1) is 12.1 Å².